The van der Waals surface area contributed by atoms with Crippen molar-refractivity contribution in [2.45, 2.75) is 12.5 Å². The summed E-state index contributed by atoms with van der Waals surface area (Å²) in [6, 6.07) is 6.48. The Morgan fingerprint density at radius 2 is 2.38 bits per heavy atom. The quantitative estimate of drug-likeness (QED) is 0.754. The van der Waals surface area contributed by atoms with Crippen molar-refractivity contribution >= 4 is 18.2 Å². The molecule has 0 unspecified atom stereocenters. The van der Waals surface area contributed by atoms with Crippen molar-refractivity contribution in [1.82, 2.24) is 10.3 Å². The van der Waals surface area contributed by atoms with Gasteiger partial charge in [0.25, 0.3) is 0 Å². The van der Waals surface area contributed by atoms with Gasteiger partial charge < -0.3 is 10.6 Å². The van der Waals surface area contributed by atoms with Gasteiger partial charge in [-0.25, -0.2) is 4.98 Å². The Balaban J connectivity index is 0.000000845. The fraction of sp³-hybridized carbons (Fsp3) is 0.444. The van der Waals surface area contributed by atoms with Crippen molar-refractivity contribution in [3.8, 4) is 0 Å². The monoisotopic (exact) mass is 199 g/mol. The first-order chi connectivity index (χ1) is 5.95. The van der Waals surface area contributed by atoms with Crippen LogP contribution in [0.4, 0.5) is 5.82 Å². The van der Waals surface area contributed by atoms with Gasteiger partial charge in [0.05, 0.1) is 0 Å². The predicted octanol–water partition coefficient (Wildman–Crippen LogP) is 1.28. The summed E-state index contributed by atoms with van der Waals surface area (Å²) >= 11 is 0. The third-order valence-corrected chi connectivity index (χ3v) is 2.08. The summed E-state index contributed by atoms with van der Waals surface area (Å²) < 4.78 is 0. The van der Waals surface area contributed by atoms with Gasteiger partial charge in [0.15, 0.2) is 0 Å². The fourth-order valence-electron chi connectivity index (χ4n) is 1.44. The van der Waals surface area contributed by atoms with Crippen molar-refractivity contribution in [2.75, 3.05) is 18.4 Å². The fourth-order valence-corrected chi connectivity index (χ4v) is 1.44. The van der Waals surface area contributed by atoms with Gasteiger partial charge in [-0.05, 0) is 25.1 Å². The van der Waals surface area contributed by atoms with Gasteiger partial charge in [0, 0.05) is 18.8 Å². The molecule has 0 spiro atoms. The number of aromatic nitrogens is 1. The minimum atomic E-state index is 0. The summed E-state index contributed by atoms with van der Waals surface area (Å²) in [6.07, 6.45) is 3.00. The summed E-state index contributed by atoms with van der Waals surface area (Å²) in [4.78, 5) is 4.20. The zero-order chi connectivity index (χ0) is 8.23. The second-order valence-corrected chi connectivity index (χ2v) is 3.05. The molecule has 1 aliphatic rings. The summed E-state index contributed by atoms with van der Waals surface area (Å²) in [7, 11) is 0. The third kappa shape index (κ3) is 2.86. The Morgan fingerprint density at radius 3 is 3.00 bits per heavy atom. The van der Waals surface area contributed by atoms with E-state index in [1.54, 1.807) is 0 Å². The van der Waals surface area contributed by atoms with E-state index in [4.69, 9.17) is 0 Å². The lowest BCUT2D eigenvalue weighted by atomic mass is 10.2. The normalized spacial score (nSPS) is 20.8. The number of pyridine rings is 1. The molecule has 0 aromatic carbocycles. The molecular weight excluding hydrogens is 186 g/mol. The van der Waals surface area contributed by atoms with E-state index in [1.807, 2.05) is 24.4 Å². The highest BCUT2D eigenvalue weighted by atomic mass is 35.5. The van der Waals surface area contributed by atoms with E-state index in [1.165, 1.54) is 6.42 Å². The Hall–Kier alpha value is -0.800. The average molecular weight is 200 g/mol. The molecule has 3 nitrogen and oxygen atoms in total. The van der Waals surface area contributed by atoms with Crippen LogP contribution in [0.5, 0.6) is 0 Å². The van der Waals surface area contributed by atoms with E-state index < -0.39 is 0 Å². The summed E-state index contributed by atoms with van der Waals surface area (Å²) in [5.41, 5.74) is 0. The van der Waals surface area contributed by atoms with Crippen LogP contribution < -0.4 is 10.6 Å². The van der Waals surface area contributed by atoms with Crippen LogP contribution >= 0.6 is 12.4 Å². The minimum absolute atomic E-state index is 0. The first kappa shape index (κ1) is 10.3. The minimum Gasteiger partial charge on any atom is -0.366 e. The molecule has 1 atom stereocenters. The zero-order valence-corrected chi connectivity index (χ0v) is 8.18. The highest BCUT2D eigenvalue weighted by Crippen LogP contribution is 2.06. The first-order valence-electron chi connectivity index (χ1n) is 4.33. The molecule has 1 aliphatic heterocycles. The lowest BCUT2D eigenvalue weighted by Gasteiger charge is -2.10. The van der Waals surface area contributed by atoms with E-state index in [0.29, 0.717) is 6.04 Å². The zero-order valence-electron chi connectivity index (χ0n) is 7.36. The largest absolute Gasteiger partial charge is 0.366 e. The molecule has 2 N–H and O–H groups in total. The predicted molar refractivity (Wildman–Crippen MR) is 56.4 cm³/mol. The summed E-state index contributed by atoms with van der Waals surface area (Å²) in [5, 5.41) is 6.67. The van der Waals surface area contributed by atoms with Crippen molar-refractivity contribution in [3.63, 3.8) is 0 Å². The van der Waals surface area contributed by atoms with Crippen molar-refractivity contribution in [1.29, 1.82) is 0 Å². The number of nitrogens with one attached hydrogen (secondary N) is 2. The van der Waals surface area contributed by atoms with Crippen LogP contribution in [0.3, 0.4) is 0 Å². The van der Waals surface area contributed by atoms with Crippen LogP contribution in [-0.4, -0.2) is 24.1 Å². The molecule has 1 fully saturated rings. The van der Waals surface area contributed by atoms with Gasteiger partial charge in [-0.3, -0.25) is 0 Å². The molecule has 0 aliphatic carbocycles. The number of nitrogens with zero attached hydrogens (tertiary/aromatic N) is 1. The number of rotatable bonds is 2. The molecule has 1 aromatic rings. The van der Waals surface area contributed by atoms with Crippen LogP contribution in [0.1, 0.15) is 6.42 Å². The van der Waals surface area contributed by atoms with Crippen molar-refractivity contribution in [2.24, 2.45) is 0 Å². The van der Waals surface area contributed by atoms with E-state index in [0.717, 1.165) is 18.9 Å². The SMILES string of the molecule is Cl.c1ccc(N[C@H]2CCNC2)nc1. The first-order valence-corrected chi connectivity index (χ1v) is 4.33. The molecule has 72 valence electrons. The van der Waals surface area contributed by atoms with E-state index in [2.05, 4.69) is 15.6 Å². The summed E-state index contributed by atoms with van der Waals surface area (Å²) in [6.45, 7) is 2.17. The molecule has 1 aromatic heterocycles. The maximum atomic E-state index is 4.20. The van der Waals surface area contributed by atoms with Crippen molar-refractivity contribution in [3.05, 3.63) is 24.4 Å². The van der Waals surface area contributed by atoms with Gasteiger partial charge in [-0.2, -0.15) is 0 Å². The van der Waals surface area contributed by atoms with Gasteiger partial charge in [-0.15, -0.1) is 12.4 Å². The molecule has 4 heteroatoms. The number of hydrogen-bond acceptors (Lipinski definition) is 3. The van der Waals surface area contributed by atoms with Gasteiger partial charge in [-0.1, -0.05) is 6.07 Å². The molecule has 2 heterocycles. The number of halogens is 1. The molecule has 2 rings (SSSR count). The standard InChI is InChI=1S/C9H13N3.ClH/c1-2-5-11-9(3-1)12-8-4-6-10-7-8;/h1-3,5,8,10H,4,6-7H2,(H,11,12);1H/t8-;/m0./s1. The van der Waals surface area contributed by atoms with Crippen LogP contribution in [0.15, 0.2) is 24.4 Å². The Kier molecular flexibility index (Phi) is 3.99. The van der Waals surface area contributed by atoms with E-state index in [9.17, 15) is 0 Å². The molecule has 0 radical (unpaired) electrons. The lowest BCUT2D eigenvalue weighted by molar-refractivity contribution is 0.788. The van der Waals surface area contributed by atoms with Gasteiger partial charge in [0.1, 0.15) is 5.82 Å². The van der Waals surface area contributed by atoms with Gasteiger partial charge in [0.2, 0.25) is 0 Å². The van der Waals surface area contributed by atoms with Crippen molar-refractivity contribution < 1.29 is 0 Å². The van der Waals surface area contributed by atoms with E-state index >= 15 is 0 Å². The van der Waals surface area contributed by atoms with Gasteiger partial charge >= 0.3 is 0 Å². The molecule has 0 bridgehead atoms. The molecule has 0 amide bonds. The Labute approximate surface area is 84.4 Å². The number of hydrogen-bond donors (Lipinski definition) is 2. The van der Waals surface area contributed by atoms with Crippen LogP contribution in [0.2, 0.25) is 0 Å². The highest BCUT2D eigenvalue weighted by Gasteiger charge is 2.13. The average Bonchev–Trinajstić information content (AvgIpc) is 2.59. The molecule has 13 heavy (non-hydrogen) atoms. The summed E-state index contributed by atoms with van der Waals surface area (Å²) in [5.74, 6) is 0.978. The van der Waals surface area contributed by atoms with E-state index in [-0.39, 0.29) is 12.4 Å². The highest BCUT2D eigenvalue weighted by molar-refractivity contribution is 5.85. The smallest absolute Gasteiger partial charge is 0.126 e. The number of anilines is 1. The maximum Gasteiger partial charge on any atom is 0.126 e. The van der Waals surface area contributed by atoms with Crippen LogP contribution in [0.25, 0.3) is 0 Å². The Morgan fingerprint density at radius 1 is 1.46 bits per heavy atom. The molecule has 0 saturated carbocycles. The Bertz CT molecular complexity index is 234. The molecular formula is C9H14ClN3. The third-order valence-electron chi connectivity index (χ3n) is 2.08. The topological polar surface area (TPSA) is 37.0 Å². The maximum absolute atomic E-state index is 4.20. The van der Waals surface area contributed by atoms with Crippen LogP contribution in [-0.2, 0) is 0 Å². The second kappa shape index (κ2) is 5.04. The second-order valence-electron chi connectivity index (χ2n) is 3.05. The van der Waals surface area contributed by atoms with Crippen LogP contribution in [0, 0.1) is 0 Å². The lowest BCUT2D eigenvalue weighted by Crippen LogP contribution is -2.22. The molecule has 1 saturated heterocycles.